The first-order valence-electron chi connectivity index (χ1n) is 10.4. The van der Waals surface area contributed by atoms with Crippen molar-refractivity contribution in [2.45, 2.75) is 32.2 Å². The minimum atomic E-state index is -0.0100. The van der Waals surface area contributed by atoms with Gasteiger partial charge in [-0.25, -0.2) is 4.98 Å². The number of halogens is 1. The molecule has 3 aromatic rings. The van der Waals surface area contributed by atoms with E-state index in [4.69, 9.17) is 16.6 Å². The first kappa shape index (κ1) is 19.7. The zero-order valence-electron chi connectivity index (χ0n) is 16.6. The van der Waals surface area contributed by atoms with Gasteiger partial charge in [0.15, 0.2) is 0 Å². The maximum atomic E-state index is 12.7. The molecule has 1 aliphatic heterocycles. The molecule has 1 fully saturated rings. The number of thiophene rings is 1. The molecule has 1 amide bonds. The van der Waals surface area contributed by atoms with Gasteiger partial charge in [-0.1, -0.05) is 17.7 Å². The number of carbonyl (C=O) groups is 1. The summed E-state index contributed by atoms with van der Waals surface area (Å²) in [4.78, 5) is 39.5. The summed E-state index contributed by atoms with van der Waals surface area (Å²) in [6.45, 7) is 3.37. The van der Waals surface area contributed by atoms with Crippen molar-refractivity contribution in [2.24, 2.45) is 0 Å². The van der Waals surface area contributed by atoms with Crippen LogP contribution in [0.1, 0.15) is 39.5 Å². The lowest BCUT2D eigenvalue weighted by Gasteiger charge is -2.34. The van der Waals surface area contributed by atoms with Gasteiger partial charge in [0, 0.05) is 41.6 Å². The summed E-state index contributed by atoms with van der Waals surface area (Å²) in [5.41, 5.74) is 1.83. The van der Waals surface area contributed by atoms with Crippen molar-refractivity contribution in [3.05, 3.63) is 61.5 Å². The number of piperazine rings is 1. The summed E-state index contributed by atoms with van der Waals surface area (Å²) in [7, 11) is 0. The van der Waals surface area contributed by atoms with E-state index in [-0.39, 0.29) is 11.5 Å². The van der Waals surface area contributed by atoms with E-state index in [9.17, 15) is 9.59 Å². The fourth-order valence-corrected chi connectivity index (χ4v) is 5.88. The number of nitrogens with one attached hydrogen (secondary N) is 1. The Balaban J connectivity index is 1.27. The van der Waals surface area contributed by atoms with Crippen LogP contribution in [-0.2, 0) is 19.4 Å². The summed E-state index contributed by atoms with van der Waals surface area (Å²) < 4.78 is 0. The molecule has 156 valence electrons. The van der Waals surface area contributed by atoms with Crippen LogP contribution >= 0.6 is 22.9 Å². The highest BCUT2D eigenvalue weighted by Crippen LogP contribution is 2.33. The lowest BCUT2D eigenvalue weighted by Crippen LogP contribution is -2.48. The van der Waals surface area contributed by atoms with E-state index in [1.165, 1.54) is 16.9 Å². The molecule has 0 bridgehead atoms. The second kappa shape index (κ2) is 8.13. The fourth-order valence-electron chi connectivity index (χ4n) is 4.41. The fraction of sp³-hybridized carbons (Fsp3) is 0.409. The van der Waals surface area contributed by atoms with Crippen molar-refractivity contribution in [2.75, 3.05) is 26.2 Å². The second-order valence-corrected chi connectivity index (χ2v) is 9.50. The Bertz CT molecular complexity index is 1160. The molecular formula is C22H23ClN4O2S. The lowest BCUT2D eigenvalue weighted by molar-refractivity contribution is 0.0625. The van der Waals surface area contributed by atoms with Gasteiger partial charge >= 0.3 is 0 Å². The average Bonchev–Trinajstić information content (AvgIpc) is 3.12. The third-order valence-electron chi connectivity index (χ3n) is 5.98. The lowest BCUT2D eigenvalue weighted by atomic mass is 9.97. The molecule has 1 N–H and O–H groups in total. The molecule has 0 spiro atoms. The number of H-pyrrole nitrogens is 1. The van der Waals surface area contributed by atoms with Crippen molar-refractivity contribution >= 4 is 39.1 Å². The molecule has 30 heavy (non-hydrogen) atoms. The van der Waals surface area contributed by atoms with Gasteiger partial charge in [-0.05, 0) is 49.4 Å². The van der Waals surface area contributed by atoms with Gasteiger partial charge in [0.1, 0.15) is 10.7 Å². The highest BCUT2D eigenvalue weighted by Gasteiger charge is 2.24. The van der Waals surface area contributed by atoms with Gasteiger partial charge < -0.3 is 9.88 Å². The van der Waals surface area contributed by atoms with E-state index in [0.717, 1.165) is 42.6 Å². The van der Waals surface area contributed by atoms with Crippen LogP contribution in [0.15, 0.2) is 29.1 Å². The average molecular weight is 443 g/mol. The van der Waals surface area contributed by atoms with Crippen LogP contribution < -0.4 is 5.56 Å². The molecule has 0 saturated carbocycles. The Hall–Kier alpha value is -2.22. The van der Waals surface area contributed by atoms with Gasteiger partial charge in [0.2, 0.25) is 0 Å². The van der Waals surface area contributed by atoms with E-state index in [0.29, 0.717) is 36.0 Å². The smallest absolute Gasteiger partial charge is 0.259 e. The van der Waals surface area contributed by atoms with Crippen molar-refractivity contribution in [3.8, 4) is 0 Å². The Labute approximate surface area is 183 Å². The number of aromatic nitrogens is 2. The normalized spacial score (nSPS) is 17.3. The number of hydrogen-bond donors (Lipinski definition) is 1. The molecule has 1 aromatic carbocycles. The third kappa shape index (κ3) is 3.77. The SMILES string of the molecule is O=C(c1cccc(Cl)c1)N1CCN(Cc2nc3sc4c(c3c(=O)[nH]2)CCCC4)CC1. The third-order valence-corrected chi connectivity index (χ3v) is 7.40. The van der Waals surface area contributed by atoms with Gasteiger partial charge in [0.25, 0.3) is 11.5 Å². The number of fused-ring (bicyclic) bond motifs is 3. The Morgan fingerprint density at radius 2 is 1.97 bits per heavy atom. The molecule has 0 radical (unpaired) electrons. The van der Waals surface area contributed by atoms with Gasteiger partial charge in [0.05, 0.1) is 11.9 Å². The number of aryl methyl sites for hydroxylation is 2. The molecule has 5 rings (SSSR count). The van der Waals surface area contributed by atoms with E-state index >= 15 is 0 Å². The number of nitrogens with zero attached hydrogens (tertiary/aromatic N) is 3. The summed E-state index contributed by atoms with van der Waals surface area (Å²) in [5.74, 6) is 0.718. The van der Waals surface area contributed by atoms with E-state index in [1.54, 1.807) is 35.6 Å². The van der Waals surface area contributed by atoms with Crippen LogP contribution in [0, 0.1) is 0 Å². The Morgan fingerprint density at radius 3 is 2.77 bits per heavy atom. The molecule has 2 aromatic heterocycles. The Kier molecular flexibility index (Phi) is 5.35. The Morgan fingerprint density at radius 1 is 1.17 bits per heavy atom. The molecule has 1 aliphatic carbocycles. The molecule has 1 saturated heterocycles. The van der Waals surface area contributed by atoms with Crippen molar-refractivity contribution in [1.82, 2.24) is 19.8 Å². The van der Waals surface area contributed by atoms with Gasteiger partial charge in [-0.3, -0.25) is 14.5 Å². The van der Waals surface area contributed by atoms with Crippen LogP contribution in [0.5, 0.6) is 0 Å². The predicted molar refractivity (Wildman–Crippen MR) is 120 cm³/mol. The van der Waals surface area contributed by atoms with Crippen LogP contribution in [0.2, 0.25) is 5.02 Å². The van der Waals surface area contributed by atoms with Crippen LogP contribution in [0.25, 0.3) is 10.2 Å². The highest BCUT2D eigenvalue weighted by atomic mass is 35.5. The van der Waals surface area contributed by atoms with Crippen LogP contribution in [-0.4, -0.2) is 51.9 Å². The van der Waals surface area contributed by atoms with Crippen molar-refractivity contribution < 1.29 is 4.79 Å². The summed E-state index contributed by atoms with van der Waals surface area (Å²) in [6.07, 6.45) is 4.40. The van der Waals surface area contributed by atoms with E-state index in [2.05, 4.69) is 9.88 Å². The number of aromatic amines is 1. The van der Waals surface area contributed by atoms with E-state index < -0.39 is 0 Å². The topological polar surface area (TPSA) is 69.3 Å². The molecular weight excluding hydrogens is 420 g/mol. The number of carbonyl (C=O) groups excluding carboxylic acids is 1. The zero-order chi connectivity index (χ0) is 20.7. The minimum absolute atomic E-state index is 0.00858. The number of rotatable bonds is 3. The highest BCUT2D eigenvalue weighted by molar-refractivity contribution is 7.18. The summed E-state index contributed by atoms with van der Waals surface area (Å²) in [6, 6.07) is 7.07. The van der Waals surface area contributed by atoms with Crippen molar-refractivity contribution in [1.29, 1.82) is 0 Å². The van der Waals surface area contributed by atoms with Gasteiger partial charge in [-0.15, -0.1) is 11.3 Å². The molecule has 0 unspecified atom stereocenters. The minimum Gasteiger partial charge on any atom is -0.336 e. The van der Waals surface area contributed by atoms with Gasteiger partial charge in [-0.2, -0.15) is 0 Å². The second-order valence-electron chi connectivity index (χ2n) is 7.98. The standard InChI is InChI=1S/C22H23ClN4O2S/c23-15-5-3-4-14(12-15)22(29)27-10-8-26(9-11-27)13-18-24-20(28)19-16-6-1-2-7-17(16)30-21(19)25-18/h3-5,12H,1-2,6-11,13H2,(H,24,25,28). The maximum absolute atomic E-state index is 12.7. The summed E-state index contributed by atoms with van der Waals surface area (Å²) in [5, 5.41) is 1.37. The molecule has 8 heteroatoms. The molecule has 6 nitrogen and oxygen atoms in total. The first-order valence-corrected chi connectivity index (χ1v) is 11.6. The molecule has 3 heterocycles. The van der Waals surface area contributed by atoms with Crippen molar-refractivity contribution in [3.63, 3.8) is 0 Å². The monoisotopic (exact) mass is 442 g/mol. The zero-order valence-corrected chi connectivity index (χ0v) is 18.2. The first-order chi connectivity index (χ1) is 14.6. The number of benzene rings is 1. The van der Waals surface area contributed by atoms with Crippen LogP contribution in [0.4, 0.5) is 0 Å². The summed E-state index contributed by atoms with van der Waals surface area (Å²) >= 11 is 7.69. The number of hydrogen-bond acceptors (Lipinski definition) is 5. The van der Waals surface area contributed by atoms with Crippen LogP contribution in [0.3, 0.4) is 0 Å². The van der Waals surface area contributed by atoms with E-state index in [1.807, 2.05) is 4.90 Å². The molecule has 2 aliphatic rings. The number of amides is 1. The largest absolute Gasteiger partial charge is 0.336 e. The molecule has 0 atom stereocenters. The quantitative estimate of drug-likeness (QED) is 0.674. The maximum Gasteiger partial charge on any atom is 0.259 e. The predicted octanol–water partition coefficient (Wildman–Crippen LogP) is 3.47.